The summed E-state index contributed by atoms with van der Waals surface area (Å²) in [5, 5.41) is 3.58. The Morgan fingerprint density at radius 2 is 2.00 bits per heavy atom. The van der Waals surface area contributed by atoms with Gasteiger partial charge in [0, 0.05) is 10.9 Å². The lowest BCUT2D eigenvalue weighted by Crippen LogP contribution is -2.50. The molecule has 1 aliphatic heterocycles. The van der Waals surface area contributed by atoms with Gasteiger partial charge in [-0.1, -0.05) is 31.5 Å². The van der Waals surface area contributed by atoms with Gasteiger partial charge < -0.3 is 5.32 Å². The molecular formula is C11H19NS. The van der Waals surface area contributed by atoms with Crippen LogP contribution in [0.1, 0.15) is 39.0 Å². The molecule has 1 heterocycles. The Hall–Kier alpha value is 0.0500. The Labute approximate surface area is 86.3 Å². The fourth-order valence-electron chi connectivity index (χ4n) is 3.05. The number of thiocarbonyl (C=S) groups is 1. The highest BCUT2D eigenvalue weighted by Crippen LogP contribution is 2.37. The molecule has 0 spiro atoms. The van der Waals surface area contributed by atoms with Crippen LogP contribution < -0.4 is 5.32 Å². The third kappa shape index (κ3) is 1.94. The van der Waals surface area contributed by atoms with Crippen LogP contribution in [0.3, 0.4) is 0 Å². The van der Waals surface area contributed by atoms with E-state index in [2.05, 4.69) is 12.2 Å². The van der Waals surface area contributed by atoms with E-state index < -0.39 is 0 Å². The van der Waals surface area contributed by atoms with E-state index >= 15 is 0 Å². The minimum absolute atomic E-state index is 0.550. The van der Waals surface area contributed by atoms with Gasteiger partial charge in [-0.2, -0.15) is 0 Å². The van der Waals surface area contributed by atoms with Crippen molar-refractivity contribution >= 4 is 17.1 Å². The van der Waals surface area contributed by atoms with Crippen molar-refractivity contribution in [1.82, 2.24) is 5.32 Å². The minimum Gasteiger partial charge on any atom is -0.309 e. The van der Waals surface area contributed by atoms with E-state index in [1.165, 1.54) is 43.5 Å². The van der Waals surface area contributed by atoms with Gasteiger partial charge in [-0.05, 0) is 38.1 Å². The highest BCUT2D eigenvalue weighted by molar-refractivity contribution is 7.80. The van der Waals surface area contributed by atoms with Gasteiger partial charge in [-0.3, -0.25) is 0 Å². The molecule has 0 aromatic heterocycles. The molecule has 2 heteroatoms. The molecule has 2 rings (SSSR count). The van der Waals surface area contributed by atoms with Crippen LogP contribution in [0.4, 0.5) is 0 Å². The second kappa shape index (κ2) is 4.05. The van der Waals surface area contributed by atoms with Crippen LogP contribution in [0, 0.1) is 11.8 Å². The van der Waals surface area contributed by atoms with Crippen LogP contribution in [-0.4, -0.2) is 17.5 Å². The van der Waals surface area contributed by atoms with Crippen LogP contribution in [0.15, 0.2) is 0 Å². The number of rotatable bonds is 1. The molecule has 1 saturated heterocycles. The molecule has 0 aromatic rings. The third-order valence-corrected chi connectivity index (χ3v) is 3.97. The van der Waals surface area contributed by atoms with Crippen LogP contribution in [-0.2, 0) is 0 Å². The molecule has 3 unspecified atom stereocenters. The maximum atomic E-state index is 5.32. The lowest BCUT2D eigenvalue weighted by atomic mass is 9.71. The molecule has 1 aliphatic carbocycles. The monoisotopic (exact) mass is 197 g/mol. The molecule has 0 aromatic carbocycles. The zero-order valence-electron chi connectivity index (χ0n) is 8.38. The Kier molecular flexibility index (Phi) is 2.99. The summed E-state index contributed by atoms with van der Waals surface area (Å²) in [6.45, 7) is 3.28. The fourth-order valence-corrected chi connectivity index (χ4v) is 3.31. The smallest absolute Gasteiger partial charge is 0.0412 e. The maximum Gasteiger partial charge on any atom is 0.0412 e. The number of fused-ring (bicyclic) bond motifs is 1. The van der Waals surface area contributed by atoms with Gasteiger partial charge in [0.05, 0.1) is 0 Å². The zero-order chi connectivity index (χ0) is 9.26. The molecule has 13 heavy (non-hydrogen) atoms. The lowest BCUT2D eigenvalue weighted by molar-refractivity contribution is 0.163. The van der Waals surface area contributed by atoms with E-state index in [0.717, 1.165) is 11.8 Å². The van der Waals surface area contributed by atoms with Crippen molar-refractivity contribution in [2.24, 2.45) is 11.8 Å². The summed E-state index contributed by atoms with van der Waals surface area (Å²) in [7, 11) is 0. The number of hydrogen-bond acceptors (Lipinski definition) is 2. The second-order valence-corrected chi connectivity index (χ2v) is 5.18. The molecule has 2 aliphatic rings. The fraction of sp³-hybridized carbons (Fsp3) is 0.909. The van der Waals surface area contributed by atoms with Crippen molar-refractivity contribution in [1.29, 1.82) is 0 Å². The van der Waals surface area contributed by atoms with Crippen molar-refractivity contribution in [2.75, 3.05) is 6.54 Å². The zero-order valence-corrected chi connectivity index (χ0v) is 9.20. The Morgan fingerprint density at radius 3 is 2.77 bits per heavy atom. The molecule has 1 N–H and O–H groups in total. The van der Waals surface area contributed by atoms with Crippen LogP contribution in [0.5, 0.6) is 0 Å². The average Bonchev–Trinajstić information content (AvgIpc) is 2.17. The topological polar surface area (TPSA) is 12.0 Å². The second-order valence-electron chi connectivity index (χ2n) is 4.54. The van der Waals surface area contributed by atoms with E-state index in [4.69, 9.17) is 12.2 Å². The van der Waals surface area contributed by atoms with Crippen molar-refractivity contribution < 1.29 is 0 Å². The minimum atomic E-state index is 0.550. The van der Waals surface area contributed by atoms with Gasteiger partial charge in [0.2, 0.25) is 0 Å². The normalized spacial score (nSPS) is 39.6. The quantitative estimate of drug-likeness (QED) is 0.648. The molecule has 0 bridgehead atoms. The van der Waals surface area contributed by atoms with Gasteiger partial charge in [0.15, 0.2) is 0 Å². The van der Waals surface area contributed by atoms with E-state index in [1.54, 1.807) is 0 Å². The molecular weight excluding hydrogens is 178 g/mol. The molecule has 0 amide bonds. The third-order valence-electron chi connectivity index (χ3n) is 3.71. The predicted octanol–water partition coefficient (Wildman–Crippen LogP) is 2.54. The summed E-state index contributed by atoms with van der Waals surface area (Å²) < 4.78 is 0. The highest BCUT2D eigenvalue weighted by atomic mass is 32.1. The van der Waals surface area contributed by atoms with Gasteiger partial charge in [-0.25, -0.2) is 0 Å². The molecule has 74 valence electrons. The summed E-state index contributed by atoms with van der Waals surface area (Å²) in [4.78, 5) is 1.18. The SMILES string of the molecule is CC(=S)C1NCCC2CCCCC21. The first kappa shape index (κ1) is 9.60. The summed E-state index contributed by atoms with van der Waals surface area (Å²) in [6.07, 6.45) is 7.10. The highest BCUT2D eigenvalue weighted by Gasteiger charge is 2.35. The van der Waals surface area contributed by atoms with Crippen LogP contribution in [0.2, 0.25) is 0 Å². The van der Waals surface area contributed by atoms with Crippen LogP contribution in [0.25, 0.3) is 0 Å². The van der Waals surface area contributed by atoms with E-state index in [0.29, 0.717) is 6.04 Å². The van der Waals surface area contributed by atoms with Gasteiger partial charge >= 0.3 is 0 Å². The van der Waals surface area contributed by atoms with E-state index in [1.807, 2.05) is 0 Å². The molecule has 3 atom stereocenters. The summed E-state index contributed by atoms with van der Waals surface area (Å²) in [6, 6.07) is 0.550. The van der Waals surface area contributed by atoms with Crippen molar-refractivity contribution in [3.8, 4) is 0 Å². The molecule has 1 nitrogen and oxygen atoms in total. The first-order valence-corrected chi connectivity index (χ1v) is 5.93. The van der Waals surface area contributed by atoms with Crippen LogP contribution >= 0.6 is 12.2 Å². The first-order chi connectivity index (χ1) is 6.29. The van der Waals surface area contributed by atoms with Gasteiger partial charge in [0.25, 0.3) is 0 Å². The molecule has 2 fully saturated rings. The van der Waals surface area contributed by atoms with Gasteiger partial charge in [0.1, 0.15) is 0 Å². The Balaban J connectivity index is 2.06. The standard InChI is InChI=1S/C11H19NS/c1-8(13)11-10-5-3-2-4-9(10)6-7-12-11/h9-12H,2-7H2,1H3. The Morgan fingerprint density at radius 1 is 1.23 bits per heavy atom. The molecule has 0 radical (unpaired) electrons. The molecule has 1 saturated carbocycles. The van der Waals surface area contributed by atoms with Gasteiger partial charge in [-0.15, -0.1) is 0 Å². The maximum absolute atomic E-state index is 5.32. The summed E-state index contributed by atoms with van der Waals surface area (Å²) in [5.74, 6) is 1.83. The summed E-state index contributed by atoms with van der Waals surface area (Å²) >= 11 is 5.32. The van der Waals surface area contributed by atoms with E-state index in [9.17, 15) is 0 Å². The van der Waals surface area contributed by atoms with Crippen molar-refractivity contribution in [3.63, 3.8) is 0 Å². The van der Waals surface area contributed by atoms with Crippen molar-refractivity contribution in [2.45, 2.75) is 45.1 Å². The Bertz CT molecular complexity index is 200. The van der Waals surface area contributed by atoms with Crippen molar-refractivity contribution in [3.05, 3.63) is 0 Å². The lowest BCUT2D eigenvalue weighted by Gasteiger charge is -2.41. The van der Waals surface area contributed by atoms with E-state index in [-0.39, 0.29) is 0 Å². The largest absolute Gasteiger partial charge is 0.309 e. The first-order valence-electron chi connectivity index (χ1n) is 5.53. The summed E-state index contributed by atoms with van der Waals surface area (Å²) in [5.41, 5.74) is 0. The number of hydrogen-bond donors (Lipinski definition) is 1. The average molecular weight is 197 g/mol. The number of nitrogens with one attached hydrogen (secondary N) is 1. The number of piperidine rings is 1. The predicted molar refractivity (Wildman–Crippen MR) is 60.1 cm³/mol.